The SMILES string of the molecule is CC1(C)CCC(O)(CNC2CCCCNC2=O)CC1. The van der Waals surface area contributed by atoms with E-state index in [1.807, 2.05) is 0 Å². The molecule has 110 valence electrons. The van der Waals surface area contributed by atoms with Crippen LogP contribution in [-0.4, -0.2) is 35.7 Å². The molecular weight excluding hydrogens is 240 g/mol. The van der Waals surface area contributed by atoms with Crippen LogP contribution < -0.4 is 10.6 Å². The van der Waals surface area contributed by atoms with Crippen molar-refractivity contribution in [2.45, 2.75) is 70.4 Å². The van der Waals surface area contributed by atoms with Crippen molar-refractivity contribution in [2.24, 2.45) is 5.41 Å². The molecule has 2 fully saturated rings. The maximum Gasteiger partial charge on any atom is 0.237 e. The minimum atomic E-state index is -0.623. The molecule has 1 atom stereocenters. The lowest BCUT2D eigenvalue weighted by Gasteiger charge is -2.40. The summed E-state index contributed by atoms with van der Waals surface area (Å²) in [6, 6.07) is -0.124. The molecule has 1 heterocycles. The Morgan fingerprint density at radius 1 is 1.26 bits per heavy atom. The number of carbonyl (C=O) groups is 1. The zero-order chi connectivity index (χ0) is 13.9. The van der Waals surface area contributed by atoms with Crippen LogP contribution in [-0.2, 0) is 4.79 Å². The summed E-state index contributed by atoms with van der Waals surface area (Å²) in [5, 5.41) is 16.8. The van der Waals surface area contributed by atoms with E-state index in [0.29, 0.717) is 12.0 Å². The summed E-state index contributed by atoms with van der Waals surface area (Å²) < 4.78 is 0. The van der Waals surface area contributed by atoms with Gasteiger partial charge in [0, 0.05) is 13.1 Å². The summed E-state index contributed by atoms with van der Waals surface area (Å²) in [7, 11) is 0. The van der Waals surface area contributed by atoms with Gasteiger partial charge in [-0.2, -0.15) is 0 Å². The Labute approximate surface area is 116 Å². The molecule has 1 saturated heterocycles. The fraction of sp³-hybridized carbons (Fsp3) is 0.933. The molecule has 0 radical (unpaired) electrons. The summed E-state index contributed by atoms with van der Waals surface area (Å²) in [6.45, 7) is 5.86. The largest absolute Gasteiger partial charge is 0.389 e. The maximum absolute atomic E-state index is 11.8. The minimum absolute atomic E-state index is 0.0947. The van der Waals surface area contributed by atoms with Gasteiger partial charge in [-0.25, -0.2) is 0 Å². The first kappa shape index (κ1) is 14.8. The molecule has 1 amide bonds. The highest BCUT2D eigenvalue weighted by Crippen LogP contribution is 2.39. The topological polar surface area (TPSA) is 61.4 Å². The van der Waals surface area contributed by atoms with Gasteiger partial charge in [0.15, 0.2) is 0 Å². The van der Waals surface area contributed by atoms with Crippen LogP contribution in [0.25, 0.3) is 0 Å². The van der Waals surface area contributed by atoms with E-state index in [9.17, 15) is 9.90 Å². The van der Waals surface area contributed by atoms with E-state index in [1.54, 1.807) is 0 Å². The molecule has 1 aliphatic carbocycles. The minimum Gasteiger partial charge on any atom is -0.389 e. The van der Waals surface area contributed by atoms with Gasteiger partial charge in [-0.15, -0.1) is 0 Å². The second-order valence-corrected chi connectivity index (χ2v) is 7.11. The Morgan fingerprint density at radius 3 is 2.63 bits per heavy atom. The maximum atomic E-state index is 11.8. The third-order valence-corrected chi connectivity index (χ3v) is 4.75. The third kappa shape index (κ3) is 4.18. The number of rotatable bonds is 3. The predicted molar refractivity (Wildman–Crippen MR) is 75.9 cm³/mol. The van der Waals surface area contributed by atoms with E-state index in [0.717, 1.165) is 51.5 Å². The van der Waals surface area contributed by atoms with Crippen LogP contribution in [0, 0.1) is 5.41 Å². The van der Waals surface area contributed by atoms with Crippen molar-refractivity contribution in [3.8, 4) is 0 Å². The van der Waals surface area contributed by atoms with Crippen molar-refractivity contribution in [3.05, 3.63) is 0 Å². The Morgan fingerprint density at radius 2 is 1.95 bits per heavy atom. The number of nitrogens with one attached hydrogen (secondary N) is 2. The van der Waals surface area contributed by atoms with Crippen LogP contribution in [0.2, 0.25) is 0 Å². The first-order valence-corrected chi connectivity index (χ1v) is 7.64. The van der Waals surface area contributed by atoms with Crippen molar-refractivity contribution in [1.29, 1.82) is 0 Å². The molecule has 1 aliphatic heterocycles. The monoisotopic (exact) mass is 268 g/mol. The van der Waals surface area contributed by atoms with Crippen molar-refractivity contribution in [3.63, 3.8) is 0 Å². The van der Waals surface area contributed by atoms with Gasteiger partial charge < -0.3 is 15.7 Å². The van der Waals surface area contributed by atoms with Crippen LogP contribution in [0.1, 0.15) is 58.8 Å². The van der Waals surface area contributed by atoms with E-state index < -0.39 is 5.60 Å². The summed E-state index contributed by atoms with van der Waals surface area (Å²) >= 11 is 0. The molecule has 0 aromatic rings. The van der Waals surface area contributed by atoms with E-state index in [1.165, 1.54) is 0 Å². The predicted octanol–water partition coefficient (Wildman–Crippen LogP) is 1.58. The van der Waals surface area contributed by atoms with Gasteiger partial charge in [0.25, 0.3) is 0 Å². The summed E-state index contributed by atoms with van der Waals surface area (Å²) in [5.74, 6) is 0.0947. The summed E-state index contributed by atoms with van der Waals surface area (Å²) in [5.41, 5.74) is -0.270. The Hall–Kier alpha value is -0.610. The Kier molecular flexibility index (Phi) is 4.51. The highest BCUT2D eigenvalue weighted by atomic mass is 16.3. The average molecular weight is 268 g/mol. The van der Waals surface area contributed by atoms with Crippen molar-refractivity contribution < 1.29 is 9.90 Å². The average Bonchev–Trinajstić information content (AvgIpc) is 2.56. The van der Waals surface area contributed by atoms with Crippen molar-refractivity contribution >= 4 is 5.91 Å². The van der Waals surface area contributed by atoms with Gasteiger partial charge in [-0.1, -0.05) is 13.8 Å². The summed E-state index contributed by atoms with van der Waals surface area (Å²) in [6.07, 6.45) is 6.80. The third-order valence-electron chi connectivity index (χ3n) is 4.75. The first-order chi connectivity index (χ1) is 8.90. The van der Waals surface area contributed by atoms with Gasteiger partial charge >= 0.3 is 0 Å². The van der Waals surface area contributed by atoms with Crippen LogP contribution in [0.3, 0.4) is 0 Å². The van der Waals surface area contributed by atoms with Crippen LogP contribution in [0.4, 0.5) is 0 Å². The lowest BCUT2D eigenvalue weighted by atomic mass is 9.71. The molecule has 2 rings (SSSR count). The van der Waals surface area contributed by atoms with Crippen LogP contribution in [0.15, 0.2) is 0 Å². The van der Waals surface area contributed by atoms with Gasteiger partial charge in [0.1, 0.15) is 0 Å². The molecule has 0 bridgehead atoms. The number of amides is 1. The van der Waals surface area contributed by atoms with Crippen LogP contribution >= 0.6 is 0 Å². The Bertz CT molecular complexity index is 318. The van der Waals surface area contributed by atoms with Gasteiger partial charge in [0.2, 0.25) is 5.91 Å². The van der Waals surface area contributed by atoms with Gasteiger partial charge in [-0.05, 0) is 50.4 Å². The van der Waals surface area contributed by atoms with E-state index in [2.05, 4.69) is 24.5 Å². The second kappa shape index (κ2) is 5.80. The summed E-state index contributed by atoms with van der Waals surface area (Å²) in [4.78, 5) is 11.8. The normalized spacial score (nSPS) is 30.5. The number of hydrogen-bond acceptors (Lipinski definition) is 3. The second-order valence-electron chi connectivity index (χ2n) is 7.11. The zero-order valence-electron chi connectivity index (χ0n) is 12.3. The lowest BCUT2D eigenvalue weighted by molar-refractivity contribution is -0.123. The number of carbonyl (C=O) groups excluding carboxylic acids is 1. The van der Waals surface area contributed by atoms with Crippen molar-refractivity contribution in [1.82, 2.24) is 10.6 Å². The first-order valence-electron chi connectivity index (χ1n) is 7.64. The molecule has 0 aromatic heterocycles. The van der Waals surface area contributed by atoms with Gasteiger partial charge in [-0.3, -0.25) is 4.79 Å². The lowest BCUT2D eigenvalue weighted by Crippen LogP contribution is -2.51. The molecular formula is C15H28N2O2. The fourth-order valence-corrected chi connectivity index (χ4v) is 3.02. The van der Waals surface area contributed by atoms with Crippen LogP contribution in [0.5, 0.6) is 0 Å². The van der Waals surface area contributed by atoms with E-state index >= 15 is 0 Å². The molecule has 1 unspecified atom stereocenters. The highest BCUT2D eigenvalue weighted by Gasteiger charge is 2.37. The smallest absolute Gasteiger partial charge is 0.237 e. The molecule has 0 spiro atoms. The van der Waals surface area contributed by atoms with Crippen molar-refractivity contribution in [2.75, 3.05) is 13.1 Å². The Balaban J connectivity index is 1.82. The molecule has 19 heavy (non-hydrogen) atoms. The highest BCUT2D eigenvalue weighted by molar-refractivity contribution is 5.81. The quantitative estimate of drug-likeness (QED) is 0.728. The molecule has 1 saturated carbocycles. The molecule has 3 N–H and O–H groups in total. The van der Waals surface area contributed by atoms with Gasteiger partial charge in [0.05, 0.1) is 11.6 Å². The van der Waals surface area contributed by atoms with E-state index in [4.69, 9.17) is 0 Å². The number of aliphatic hydroxyl groups is 1. The van der Waals surface area contributed by atoms with E-state index in [-0.39, 0.29) is 11.9 Å². The zero-order valence-corrected chi connectivity index (χ0v) is 12.3. The fourth-order valence-electron chi connectivity index (χ4n) is 3.02. The molecule has 2 aliphatic rings. The number of hydrogen-bond donors (Lipinski definition) is 3. The standard InChI is InChI=1S/C15H28N2O2/c1-14(2)6-8-15(19,9-7-14)11-17-12-5-3-4-10-16-13(12)18/h12,17,19H,3-11H2,1-2H3,(H,16,18). The molecule has 0 aromatic carbocycles. The molecule has 4 heteroatoms. The molecule has 4 nitrogen and oxygen atoms in total.